The number of hydrogen-bond donors (Lipinski definition) is 0. The van der Waals surface area contributed by atoms with Crippen LogP contribution in [0.4, 0.5) is 4.39 Å². The number of rotatable bonds is 1. The Kier molecular flexibility index (Phi) is 2.70. The molecule has 0 atom stereocenters. The van der Waals surface area contributed by atoms with Crippen LogP contribution in [0, 0.1) is 12.7 Å². The number of nitrogens with zero attached hydrogens (tertiary/aromatic N) is 3. The van der Waals surface area contributed by atoms with Crippen LogP contribution in [0.15, 0.2) is 30.5 Å². The van der Waals surface area contributed by atoms with E-state index < -0.39 is 0 Å². The molecular weight excluding hydrogens is 265 g/mol. The van der Waals surface area contributed by atoms with Gasteiger partial charge in [0, 0.05) is 28.4 Å². The van der Waals surface area contributed by atoms with Crippen molar-refractivity contribution in [2.45, 2.75) is 26.2 Å². The largest absolute Gasteiger partial charge is 0.256 e. The average molecular weight is 279 g/mol. The first kappa shape index (κ1) is 12.4. The second-order valence-electron chi connectivity index (χ2n) is 5.43. The molecule has 0 bridgehead atoms. The van der Waals surface area contributed by atoms with Crippen molar-refractivity contribution >= 4 is 10.9 Å². The van der Waals surface area contributed by atoms with E-state index in [-0.39, 0.29) is 5.82 Å². The molecule has 0 fully saturated rings. The zero-order valence-corrected chi connectivity index (χ0v) is 11.7. The molecule has 3 aromatic rings. The molecule has 104 valence electrons. The molecule has 1 aromatic carbocycles. The molecule has 1 aliphatic rings. The van der Waals surface area contributed by atoms with E-state index in [0.717, 1.165) is 58.5 Å². The van der Waals surface area contributed by atoms with Crippen molar-refractivity contribution in [1.29, 1.82) is 0 Å². The number of aryl methyl sites for hydroxylation is 2. The van der Waals surface area contributed by atoms with E-state index >= 15 is 0 Å². The van der Waals surface area contributed by atoms with Crippen molar-refractivity contribution in [2.24, 2.45) is 0 Å². The van der Waals surface area contributed by atoms with Crippen molar-refractivity contribution in [3.63, 3.8) is 0 Å². The zero-order chi connectivity index (χ0) is 14.4. The van der Waals surface area contributed by atoms with Gasteiger partial charge in [0.1, 0.15) is 11.6 Å². The molecule has 21 heavy (non-hydrogen) atoms. The fourth-order valence-corrected chi connectivity index (χ4v) is 3.11. The van der Waals surface area contributed by atoms with E-state index in [0.29, 0.717) is 0 Å². The highest BCUT2D eigenvalue weighted by Gasteiger charge is 2.21. The van der Waals surface area contributed by atoms with Crippen LogP contribution in [0.2, 0.25) is 0 Å². The number of fused-ring (bicyclic) bond motifs is 2. The maximum Gasteiger partial charge on any atom is 0.126 e. The van der Waals surface area contributed by atoms with E-state index in [9.17, 15) is 4.39 Å². The molecule has 0 unspecified atom stereocenters. The molecule has 4 rings (SSSR count). The number of pyridine rings is 1. The molecule has 0 N–H and O–H groups in total. The minimum Gasteiger partial charge on any atom is -0.256 e. The van der Waals surface area contributed by atoms with Crippen LogP contribution in [0.5, 0.6) is 0 Å². The smallest absolute Gasteiger partial charge is 0.126 e. The van der Waals surface area contributed by atoms with Crippen molar-refractivity contribution in [3.05, 3.63) is 53.4 Å². The zero-order valence-electron chi connectivity index (χ0n) is 11.7. The third kappa shape index (κ3) is 1.98. The van der Waals surface area contributed by atoms with Crippen LogP contribution >= 0.6 is 0 Å². The molecule has 0 saturated carbocycles. The Bertz CT molecular complexity index is 858. The van der Waals surface area contributed by atoms with Gasteiger partial charge >= 0.3 is 0 Å². The Labute approximate surface area is 121 Å². The van der Waals surface area contributed by atoms with E-state index in [1.165, 1.54) is 12.1 Å². The first-order valence-corrected chi connectivity index (χ1v) is 7.13. The molecule has 3 nitrogen and oxygen atoms in total. The summed E-state index contributed by atoms with van der Waals surface area (Å²) in [6.45, 7) is 1.89. The first-order chi connectivity index (χ1) is 10.2. The first-order valence-electron chi connectivity index (χ1n) is 7.13. The summed E-state index contributed by atoms with van der Waals surface area (Å²) < 4.78 is 14.0. The lowest BCUT2D eigenvalue weighted by atomic mass is 10.0. The summed E-state index contributed by atoms with van der Waals surface area (Å²) >= 11 is 0. The van der Waals surface area contributed by atoms with Crippen LogP contribution in [-0.4, -0.2) is 15.0 Å². The molecule has 2 aromatic heterocycles. The number of benzene rings is 1. The normalized spacial score (nSPS) is 13.6. The topological polar surface area (TPSA) is 38.7 Å². The SMILES string of the molecule is Cc1nc2c(c(-c3cc(F)cc4cccnc34)n1)CCC2. The highest BCUT2D eigenvalue weighted by Crippen LogP contribution is 2.34. The van der Waals surface area contributed by atoms with Crippen LogP contribution in [0.3, 0.4) is 0 Å². The standard InChI is InChI=1S/C17H14FN3/c1-10-20-15-6-2-5-13(15)17(21-10)14-9-12(18)8-11-4-3-7-19-16(11)14/h3-4,7-9H,2,5-6H2,1H3. The van der Waals surface area contributed by atoms with Gasteiger partial charge in [-0.15, -0.1) is 0 Å². The van der Waals surface area contributed by atoms with Gasteiger partial charge in [-0.1, -0.05) is 6.07 Å². The lowest BCUT2D eigenvalue weighted by Gasteiger charge is -2.11. The summed E-state index contributed by atoms with van der Waals surface area (Å²) in [5, 5.41) is 0.801. The third-order valence-corrected chi connectivity index (χ3v) is 3.97. The fraction of sp³-hybridized carbons (Fsp3) is 0.235. The molecule has 0 spiro atoms. The van der Waals surface area contributed by atoms with E-state index in [2.05, 4.69) is 15.0 Å². The van der Waals surface area contributed by atoms with Crippen molar-refractivity contribution in [1.82, 2.24) is 15.0 Å². The predicted molar refractivity (Wildman–Crippen MR) is 79.5 cm³/mol. The van der Waals surface area contributed by atoms with Gasteiger partial charge in [-0.25, -0.2) is 14.4 Å². The highest BCUT2D eigenvalue weighted by atomic mass is 19.1. The Morgan fingerprint density at radius 2 is 2.05 bits per heavy atom. The average Bonchev–Trinajstić information content (AvgIpc) is 2.93. The predicted octanol–water partition coefficient (Wildman–Crippen LogP) is 3.63. The minimum atomic E-state index is -0.256. The monoisotopic (exact) mass is 279 g/mol. The van der Waals surface area contributed by atoms with Gasteiger partial charge in [-0.05, 0) is 44.4 Å². The van der Waals surface area contributed by atoms with Crippen LogP contribution in [0.1, 0.15) is 23.5 Å². The van der Waals surface area contributed by atoms with Gasteiger partial charge in [0.25, 0.3) is 0 Å². The maximum absolute atomic E-state index is 14.0. The summed E-state index contributed by atoms with van der Waals surface area (Å²) in [7, 11) is 0. The van der Waals surface area contributed by atoms with Crippen LogP contribution in [-0.2, 0) is 12.8 Å². The molecule has 2 heterocycles. The van der Waals surface area contributed by atoms with Gasteiger partial charge in [-0.2, -0.15) is 0 Å². The molecule has 1 aliphatic carbocycles. The second kappa shape index (κ2) is 4.58. The summed E-state index contributed by atoms with van der Waals surface area (Å²) in [6, 6.07) is 6.75. The Morgan fingerprint density at radius 3 is 2.95 bits per heavy atom. The Hall–Kier alpha value is -2.36. The Morgan fingerprint density at radius 1 is 1.14 bits per heavy atom. The Balaban J connectivity index is 2.08. The maximum atomic E-state index is 14.0. The fourth-order valence-electron chi connectivity index (χ4n) is 3.11. The molecule has 0 radical (unpaired) electrons. The summed E-state index contributed by atoms with van der Waals surface area (Å²) in [5.74, 6) is 0.479. The molecule has 0 amide bonds. The van der Waals surface area contributed by atoms with Gasteiger partial charge in [0.05, 0.1) is 11.2 Å². The van der Waals surface area contributed by atoms with Gasteiger partial charge in [0.2, 0.25) is 0 Å². The van der Waals surface area contributed by atoms with Crippen molar-refractivity contribution in [2.75, 3.05) is 0 Å². The van der Waals surface area contributed by atoms with Crippen molar-refractivity contribution < 1.29 is 4.39 Å². The summed E-state index contributed by atoms with van der Waals surface area (Å²) in [4.78, 5) is 13.5. The van der Waals surface area contributed by atoms with E-state index in [1.807, 2.05) is 19.1 Å². The number of aromatic nitrogens is 3. The summed E-state index contributed by atoms with van der Waals surface area (Å²) in [5.41, 5.74) is 4.67. The van der Waals surface area contributed by atoms with Gasteiger partial charge in [0.15, 0.2) is 0 Å². The highest BCUT2D eigenvalue weighted by molar-refractivity contribution is 5.93. The van der Waals surface area contributed by atoms with Crippen LogP contribution in [0.25, 0.3) is 22.2 Å². The lowest BCUT2D eigenvalue weighted by molar-refractivity contribution is 0.630. The van der Waals surface area contributed by atoms with E-state index in [4.69, 9.17) is 0 Å². The van der Waals surface area contributed by atoms with Gasteiger partial charge < -0.3 is 0 Å². The lowest BCUT2D eigenvalue weighted by Crippen LogP contribution is -2.01. The second-order valence-corrected chi connectivity index (χ2v) is 5.43. The van der Waals surface area contributed by atoms with Gasteiger partial charge in [-0.3, -0.25) is 4.98 Å². The molecule has 0 saturated heterocycles. The molecule has 0 aliphatic heterocycles. The van der Waals surface area contributed by atoms with E-state index in [1.54, 1.807) is 6.20 Å². The quantitative estimate of drug-likeness (QED) is 0.682. The summed E-state index contributed by atoms with van der Waals surface area (Å²) in [6.07, 6.45) is 4.75. The molecule has 4 heteroatoms. The van der Waals surface area contributed by atoms with Crippen LogP contribution < -0.4 is 0 Å². The minimum absolute atomic E-state index is 0.256. The number of hydrogen-bond acceptors (Lipinski definition) is 3. The third-order valence-electron chi connectivity index (χ3n) is 3.97. The number of halogens is 1. The van der Waals surface area contributed by atoms with Crippen molar-refractivity contribution in [3.8, 4) is 11.3 Å². The molecular formula is C17H14FN3.